The van der Waals surface area contributed by atoms with Crippen molar-refractivity contribution in [1.82, 2.24) is 0 Å². The van der Waals surface area contributed by atoms with Gasteiger partial charge in [0.25, 0.3) is 11.7 Å². The average molecular weight is 512 g/mol. The Hall–Kier alpha value is -4.06. The van der Waals surface area contributed by atoms with Crippen molar-refractivity contribution in [3.8, 4) is 11.5 Å². The number of nitrogens with zero attached hydrogens (tertiary/aromatic N) is 1. The topological polar surface area (TPSA) is 76.1 Å². The van der Waals surface area contributed by atoms with Gasteiger partial charge in [-0.2, -0.15) is 0 Å². The number of ketones is 1. The molecule has 6 nitrogen and oxygen atoms in total. The molecule has 2 aliphatic rings. The van der Waals surface area contributed by atoms with E-state index in [-0.39, 0.29) is 11.3 Å². The van der Waals surface area contributed by atoms with E-state index < -0.39 is 17.7 Å². The number of benzene rings is 3. The molecule has 0 bridgehead atoms. The van der Waals surface area contributed by atoms with Crippen molar-refractivity contribution in [3.05, 3.63) is 93.6 Å². The molecular formula is C32H33NO5. The van der Waals surface area contributed by atoms with Crippen molar-refractivity contribution in [2.24, 2.45) is 0 Å². The van der Waals surface area contributed by atoms with Gasteiger partial charge < -0.3 is 14.6 Å². The number of aryl methyl sites for hydroxylation is 3. The van der Waals surface area contributed by atoms with Gasteiger partial charge in [0.2, 0.25) is 0 Å². The third-order valence-corrected chi connectivity index (χ3v) is 7.71. The lowest BCUT2D eigenvalue weighted by atomic mass is 9.88. The molecule has 0 radical (unpaired) electrons. The van der Waals surface area contributed by atoms with E-state index in [2.05, 4.69) is 0 Å². The van der Waals surface area contributed by atoms with Crippen molar-refractivity contribution in [1.29, 1.82) is 0 Å². The van der Waals surface area contributed by atoms with E-state index in [0.29, 0.717) is 34.9 Å². The molecule has 1 unspecified atom stereocenters. The Morgan fingerprint density at radius 1 is 0.974 bits per heavy atom. The maximum absolute atomic E-state index is 13.6. The first-order chi connectivity index (χ1) is 18.3. The molecule has 5 rings (SSSR count). The highest BCUT2D eigenvalue weighted by Crippen LogP contribution is 2.45. The molecule has 196 valence electrons. The molecule has 0 aromatic heterocycles. The van der Waals surface area contributed by atoms with E-state index >= 15 is 0 Å². The molecule has 1 N–H and O–H groups in total. The van der Waals surface area contributed by atoms with E-state index in [1.54, 1.807) is 19.2 Å². The van der Waals surface area contributed by atoms with Crippen molar-refractivity contribution < 1.29 is 24.2 Å². The number of rotatable bonds is 6. The summed E-state index contributed by atoms with van der Waals surface area (Å²) in [6.07, 6.45) is 4.20. The zero-order valence-electron chi connectivity index (χ0n) is 22.3. The summed E-state index contributed by atoms with van der Waals surface area (Å²) >= 11 is 0. The van der Waals surface area contributed by atoms with Crippen LogP contribution in [0.25, 0.3) is 5.76 Å². The second kappa shape index (κ2) is 10.4. The normalized spacial score (nSPS) is 18.4. The summed E-state index contributed by atoms with van der Waals surface area (Å²) in [5, 5.41) is 11.6. The van der Waals surface area contributed by atoms with Gasteiger partial charge in [-0.3, -0.25) is 14.5 Å². The Kier molecular flexibility index (Phi) is 6.98. The summed E-state index contributed by atoms with van der Waals surface area (Å²) in [6.45, 7) is 6.21. The van der Waals surface area contributed by atoms with Crippen LogP contribution in [0.5, 0.6) is 11.5 Å². The van der Waals surface area contributed by atoms with Crippen LogP contribution in [0.4, 0.5) is 5.69 Å². The van der Waals surface area contributed by atoms with E-state index in [4.69, 9.17) is 9.47 Å². The Balaban J connectivity index is 1.74. The van der Waals surface area contributed by atoms with Gasteiger partial charge in [0.05, 0.1) is 25.3 Å². The third kappa shape index (κ3) is 4.34. The molecule has 6 heteroatoms. The molecule has 1 fully saturated rings. The van der Waals surface area contributed by atoms with Crippen LogP contribution >= 0.6 is 0 Å². The van der Waals surface area contributed by atoms with Gasteiger partial charge in [0.1, 0.15) is 5.76 Å². The highest BCUT2D eigenvalue weighted by atomic mass is 16.5. The van der Waals surface area contributed by atoms with Crippen molar-refractivity contribution in [2.75, 3.05) is 18.6 Å². The molecule has 1 saturated heterocycles. The van der Waals surface area contributed by atoms with Gasteiger partial charge in [0, 0.05) is 11.3 Å². The maximum atomic E-state index is 13.6. The largest absolute Gasteiger partial charge is 0.507 e. The fraction of sp³-hybridized carbons (Fsp3) is 0.312. The van der Waals surface area contributed by atoms with E-state index in [1.807, 2.05) is 63.2 Å². The maximum Gasteiger partial charge on any atom is 0.300 e. The molecule has 1 amide bonds. The van der Waals surface area contributed by atoms with Crippen LogP contribution in [0.2, 0.25) is 0 Å². The second-order valence-corrected chi connectivity index (χ2v) is 9.92. The molecule has 1 heterocycles. The van der Waals surface area contributed by atoms with Crippen molar-refractivity contribution in [2.45, 2.75) is 52.5 Å². The predicted molar refractivity (Wildman–Crippen MR) is 148 cm³/mol. The minimum Gasteiger partial charge on any atom is -0.507 e. The molecule has 3 aromatic rings. The lowest BCUT2D eigenvalue weighted by Crippen LogP contribution is -2.30. The van der Waals surface area contributed by atoms with Crippen LogP contribution in [0.3, 0.4) is 0 Å². The van der Waals surface area contributed by atoms with Gasteiger partial charge in [0.15, 0.2) is 11.5 Å². The number of fused-ring (bicyclic) bond motifs is 1. The standard InChI is InChI=1S/C32H33NO5/c1-5-38-27-18-23(15-16-26(27)37-4)29-28(30(34)24-14-13-21-10-6-7-11-22(21)17-24)31(35)32(36)33(29)25-12-8-9-19(2)20(25)3/h8-9,12-18,29,34H,5-7,10-11H2,1-4H3/b30-28+. The summed E-state index contributed by atoms with van der Waals surface area (Å²) in [4.78, 5) is 28.8. The fourth-order valence-electron chi connectivity index (χ4n) is 5.56. The number of Topliss-reactive ketones (excluding diaryl/α,β-unsaturated/α-hetero) is 1. The van der Waals surface area contributed by atoms with E-state index in [9.17, 15) is 14.7 Å². The Labute approximate surface area is 223 Å². The first kappa shape index (κ1) is 25.6. The number of carbonyl (C=O) groups is 2. The van der Waals surface area contributed by atoms with Gasteiger partial charge >= 0.3 is 0 Å². The summed E-state index contributed by atoms with van der Waals surface area (Å²) < 4.78 is 11.3. The lowest BCUT2D eigenvalue weighted by Gasteiger charge is -2.28. The highest BCUT2D eigenvalue weighted by molar-refractivity contribution is 6.51. The number of ether oxygens (including phenoxy) is 2. The zero-order chi connectivity index (χ0) is 27.0. The van der Waals surface area contributed by atoms with Crippen molar-refractivity contribution in [3.63, 3.8) is 0 Å². The number of aliphatic hydroxyl groups excluding tert-OH is 1. The monoisotopic (exact) mass is 511 g/mol. The smallest absolute Gasteiger partial charge is 0.300 e. The SMILES string of the molecule is CCOc1cc(C2/C(=C(\O)c3ccc4c(c3)CCCC4)C(=O)C(=O)N2c2cccc(C)c2C)ccc1OC. The van der Waals surface area contributed by atoms with Crippen molar-refractivity contribution >= 4 is 23.1 Å². The minimum absolute atomic E-state index is 0.0688. The van der Waals surface area contributed by atoms with Gasteiger partial charge in [-0.05, 0) is 98.5 Å². The molecular weight excluding hydrogens is 478 g/mol. The Morgan fingerprint density at radius 3 is 2.47 bits per heavy atom. The third-order valence-electron chi connectivity index (χ3n) is 7.71. The summed E-state index contributed by atoms with van der Waals surface area (Å²) in [5.41, 5.74) is 6.26. The molecule has 0 saturated carbocycles. The number of hydrogen-bond donors (Lipinski definition) is 1. The van der Waals surface area contributed by atoms with Crippen LogP contribution in [0.1, 0.15) is 59.2 Å². The molecule has 3 aromatic carbocycles. The lowest BCUT2D eigenvalue weighted by molar-refractivity contribution is -0.132. The van der Waals surface area contributed by atoms with Crippen LogP contribution in [-0.2, 0) is 22.4 Å². The number of hydrogen-bond acceptors (Lipinski definition) is 5. The van der Waals surface area contributed by atoms with Gasteiger partial charge in [-0.25, -0.2) is 0 Å². The summed E-state index contributed by atoms with van der Waals surface area (Å²) in [6, 6.07) is 16.1. The number of aliphatic hydroxyl groups is 1. The Bertz CT molecular complexity index is 1450. The first-order valence-corrected chi connectivity index (χ1v) is 13.2. The first-order valence-electron chi connectivity index (χ1n) is 13.2. The van der Waals surface area contributed by atoms with Gasteiger partial charge in [-0.15, -0.1) is 0 Å². The van der Waals surface area contributed by atoms with E-state index in [0.717, 1.165) is 36.8 Å². The second-order valence-electron chi connectivity index (χ2n) is 9.92. The zero-order valence-corrected chi connectivity index (χ0v) is 22.3. The molecule has 1 atom stereocenters. The quantitative estimate of drug-likeness (QED) is 0.242. The van der Waals surface area contributed by atoms with Gasteiger partial charge in [-0.1, -0.05) is 30.3 Å². The minimum atomic E-state index is -0.836. The van der Waals surface area contributed by atoms with Crippen LogP contribution in [0.15, 0.2) is 60.2 Å². The van der Waals surface area contributed by atoms with E-state index in [1.165, 1.54) is 16.0 Å². The van der Waals surface area contributed by atoms with Crippen LogP contribution in [0, 0.1) is 13.8 Å². The average Bonchev–Trinajstić information content (AvgIpc) is 3.19. The fourth-order valence-corrected chi connectivity index (χ4v) is 5.56. The predicted octanol–water partition coefficient (Wildman–Crippen LogP) is 6.22. The molecule has 0 spiro atoms. The highest BCUT2D eigenvalue weighted by Gasteiger charge is 2.47. The number of amides is 1. The van der Waals surface area contributed by atoms with Crippen LogP contribution in [-0.4, -0.2) is 30.5 Å². The molecule has 1 aliphatic heterocycles. The number of methoxy groups -OCH3 is 1. The molecule has 38 heavy (non-hydrogen) atoms. The summed E-state index contributed by atoms with van der Waals surface area (Å²) in [7, 11) is 1.57. The molecule has 1 aliphatic carbocycles. The Morgan fingerprint density at radius 2 is 1.74 bits per heavy atom. The number of carbonyl (C=O) groups excluding carboxylic acids is 2. The summed E-state index contributed by atoms with van der Waals surface area (Å²) in [5.74, 6) is -0.484. The number of anilines is 1. The van der Waals surface area contributed by atoms with Crippen LogP contribution < -0.4 is 14.4 Å².